The van der Waals surface area contributed by atoms with Gasteiger partial charge in [0.1, 0.15) is 17.3 Å². The van der Waals surface area contributed by atoms with Crippen LogP contribution in [0.2, 0.25) is 0 Å². The molecule has 2 N–H and O–H groups in total. The van der Waals surface area contributed by atoms with Crippen molar-refractivity contribution in [3.8, 4) is 11.4 Å². The van der Waals surface area contributed by atoms with Crippen LogP contribution in [-0.2, 0) is 0 Å². The minimum Gasteiger partial charge on any atom is -0.393 e. The number of aliphatic hydroxyl groups is 1. The van der Waals surface area contributed by atoms with Crippen LogP contribution in [-0.4, -0.2) is 45.1 Å². The minimum atomic E-state index is -0.301. The Morgan fingerprint density at radius 3 is 2.42 bits per heavy atom. The van der Waals surface area contributed by atoms with Gasteiger partial charge in [0.05, 0.1) is 6.10 Å². The smallest absolute Gasteiger partial charge is 0.274 e. The molecule has 2 aromatic rings. The van der Waals surface area contributed by atoms with E-state index in [9.17, 15) is 14.3 Å². The van der Waals surface area contributed by atoms with Gasteiger partial charge < -0.3 is 15.0 Å². The average Bonchev–Trinajstić information content (AvgIpc) is 3.26. The van der Waals surface area contributed by atoms with Gasteiger partial charge in [0.25, 0.3) is 5.91 Å². The molecule has 0 radical (unpaired) electrons. The molecule has 138 valence electrons. The largest absolute Gasteiger partial charge is 0.393 e. The van der Waals surface area contributed by atoms with Gasteiger partial charge in [0.15, 0.2) is 0 Å². The van der Waals surface area contributed by atoms with Crippen molar-refractivity contribution in [2.45, 2.75) is 44.8 Å². The Bertz CT molecular complexity index is 803. The summed E-state index contributed by atoms with van der Waals surface area (Å²) in [5.41, 5.74) is 1.89. The number of rotatable bonds is 3. The lowest BCUT2D eigenvalue weighted by atomic mass is 10.0. The number of benzene rings is 1. The molecule has 2 fully saturated rings. The van der Waals surface area contributed by atoms with E-state index in [-0.39, 0.29) is 23.9 Å². The van der Waals surface area contributed by atoms with Gasteiger partial charge in [-0.2, -0.15) is 0 Å². The molecule has 0 aliphatic heterocycles. The van der Waals surface area contributed by atoms with Crippen LogP contribution < -0.4 is 0 Å². The maximum absolute atomic E-state index is 13.1. The third-order valence-corrected chi connectivity index (χ3v) is 6.04. The lowest BCUT2D eigenvalue weighted by Gasteiger charge is -2.25. The lowest BCUT2D eigenvalue weighted by Crippen LogP contribution is -2.36. The van der Waals surface area contributed by atoms with Crippen molar-refractivity contribution in [2.75, 3.05) is 7.05 Å². The highest BCUT2D eigenvalue weighted by Gasteiger charge is 2.43. The Morgan fingerprint density at radius 2 is 1.81 bits per heavy atom. The quantitative estimate of drug-likeness (QED) is 0.887. The number of imidazole rings is 1. The van der Waals surface area contributed by atoms with Gasteiger partial charge >= 0.3 is 0 Å². The molecule has 0 saturated heterocycles. The minimum absolute atomic E-state index is 0.0855. The maximum atomic E-state index is 13.1. The number of H-pyrrole nitrogens is 1. The van der Waals surface area contributed by atoms with Crippen molar-refractivity contribution < 1.29 is 14.3 Å². The van der Waals surface area contributed by atoms with Crippen molar-refractivity contribution in [3.05, 3.63) is 41.5 Å². The zero-order valence-corrected chi connectivity index (χ0v) is 15.1. The monoisotopic (exact) mass is 357 g/mol. The van der Waals surface area contributed by atoms with Gasteiger partial charge in [-0.15, -0.1) is 0 Å². The number of aryl methyl sites for hydroxylation is 1. The number of nitrogens with zero attached hydrogens (tertiary/aromatic N) is 2. The summed E-state index contributed by atoms with van der Waals surface area (Å²) in [7, 11) is 1.84. The normalized spacial score (nSPS) is 27.5. The van der Waals surface area contributed by atoms with Gasteiger partial charge in [0.2, 0.25) is 0 Å². The summed E-state index contributed by atoms with van der Waals surface area (Å²) in [4.78, 5) is 22.4. The van der Waals surface area contributed by atoms with E-state index >= 15 is 0 Å². The van der Waals surface area contributed by atoms with Crippen LogP contribution in [0.4, 0.5) is 4.39 Å². The van der Waals surface area contributed by atoms with Crippen LogP contribution in [0.1, 0.15) is 41.9 Å². The second-order valence-corrected chi connectivity index (χ2v) is 7.75. The first-order valence-electron chi connectivity index (χ1n) is 9.20. The van der Waals surface area contributed by atoms with Gasteiger partial charge in [-0.1, -0.05) is 0 Å². The maximum Gasteiger partial charge on any atom is 0.274 e. The summed E-state index contributed by atoms with van der Waals surface area (Å²) in [5, 5.41) is 9.79. The summed E-state index contributed by atoms with van der Waals surface area (Å²) >= 11 is 0. The van der Waals surface area contributed by atoms with Crippen molar-refractivity contribution in [2.24, 2.45) is 11.8 Å². The number of carbonyl (C=O) groups is 1. The molecule has 2 aliphatic carbocycles. The van der Waals surface area contributed by atoms with E-state index in [1.807, 2.05) is 18.9 Å². The number of hydrogen-bond acceptors (Lipinski definition) is 3. The zero-order valence-electron chi connectivity index (χ0n) is 15.1. The molecule has 5 nitrogen and oxygen atoms in total. The summed E-state index contributed by atoms with van der Waals surface area (Å²) in [6.07, 6.45) is 3.47. The van der Waals surface area contributed by atoms with Gasteiger partial charge in [-0.05, 0) is 68.7 Å². The van der Waals surface area contributed by atoms with Crippen LogP contribution in [0.25, 0.3) is 11.4 Å². The fourth-order valence-electron chi connectivity index (χ4n) is 4.61. The Morgan fingerprint density at radius 1 is 1.19 bits per heavy atom. The van der Waals surface area contributed by atoms with Crippen molar-refractivity contribution in [1.29, 1.82) is 0 Å². The second kappa shape index (κ2) is 6.50. The van der Waals surface area contributed by atoms with Crippen LogP contribution in [0.5, 0.6) is 0 Å². The molecule has 26 heavy (non-hydrogen) atoms. The molecule has 0 spiro atoms. The fraction of sp³-hybridized carbons (Fsp3) is 0.500. The average molecular weight is 357 g/mol. The van der Waals surface area contributed by atoms with E-state index < -0.39 is 0 Å². The molecule has 2 unspecified atom stereocenters. The highest BCUT2D eigenvalue weighted by Crippen LogP contribution is 2.45. The topological polar surface area (TPSA) is 69.2 Å². The third-order valence-electron chi connectivity index (χ3n) is 6.04. The predicted molar refractivity (Wildman–Crippen MR) is 96.1 cm³/mol. The first-order valence-corrected chi connectivity index (χ1v) is 9.20. The van der Waals surface area contributed by atoms with Crippen LogP contribution in [0.15, 0.2) is 24.3 Å². The van der Waals surface area contributed by atoms with Gasteiger partial charge in [-0.3, -0.25) is 4.79 Å². The van der Waals surface area contributed by atoms with Crippen LogP contribution in [0, 0.1) is 24.6 Å². The first kappa shape index (κ1) is 17.2. The molecule has 4 rings (SSSR count). The van der Waals surface area contributed by atoms with E-state index in [0.29, 0.717) is 23.4 Å². The SMILES string of the molecule is Cc1[nH]c(-c2ccc(F)cc2)nc1C(=O)N(C)C1C[C@H]2CC(O)C[C@H]2C1. The third kappa shape index (κ3) is 3.03. The molecule has 0 bridgehead atoms. The number of nitrogens with one attached hydrogen (secondary N) is 1. The first-order chi connectivity index (χ1) is 12.4. The molecule has 2 aliphatic rings. The van der Waals surface area contributed by atoms with Crippen LogP contribution in [0.3, 0.4) is 0 Å². The summed E-state index contributed by atoms with van der Waals surface area (Å²) in [6, 6.07) is 6.26. The molecule has 1 heterocycles. The number of aromatic amines is 1. The van der Waals surface area contributed by atoms with E-state index in [1.54, 1.807) is 12.1 Å². The van der Waals surface area contributed by atoms with E-state index in [2.05, 4.69) is 9.97 Å². The highest BCUT2D eigenvalue weighted by molar-refractivity contribution is 5.94. The Balaban J connectivity index is 1.50. The fourth-order valence-corrected chi connectivity index (χ4v) is 4.61. The summed E-state index contributed by atoms with van der Waals surface area (Å²) in [6.45, 7) is 1.83. The lowest BCUT2D eigenvalue weighted by molar-refractivity contribution is 0.0716. The molecule has 1 amide bonds. The number of amides is 1. The standard InChI is InChI=1S/C20H24FN3O2/c1-11-18(23-19(22-11)12-3-5-15(21)6-4-12)20(26)24(2)16-7-13-9-17(25)10-14(13)8-16/h3-6,13-14,16-17,25H,7-10H2,1-2H3,(H,22,23)/t13-,14+,16?,17?. The number of halogens is 1. The zero-order chi connectivity index (χ0) is 18.4. The Hall–Kier alpha value is -2.21. The highest BCUT2D eigenvalue weighted by atomic mass is 19.1. The number of hydrogen-bond donors (Lipinski definition) is 2. The van der Waals surface area contributed by atoms with E-state index in [0.717, 1.165) is 36.9 Å². The molecule has 1 aromatic heterocycles. The Labute approximate surface area is 152 Å². The molecule has 2 saturated carbocycles. The molecule has 1 aromatic carbocycles. The molecular weight excluding hydrogens is 333 g/mol. The molecule has 6 heteroatoms. The van der Waals surface area contributed by atoms with Crippen molar-refractivity contribution >= 4 is 5.91 Å². The summed E-state index contributed by atoms with van der Waals surface area (Å²) in [5.74, 6) is 1.24. The van der Waals surface area contributed by atoms with E-state index in [1.165, 1.54) is 12.1 Å². The van der Waals surface area contributed by atoms with Crippen LogP contribution >= 0.6 is 0 Å². The summed E-state index contributed by atoms with van der Waals surface area (Å²) < 4.78 is 13.1. The van der Waals surface area contributed by atoms with Crippen molar-refractivity contribution in [3.63, 3.8) is 0 Å². The van der Waals surface area contributed by atoms with Gasteiger partial charge in [-0.25, -0.2) is 9.37 Å². The second-order valence-electron chi connectivity index (χ2n) is 7.75. The van der Waals surface area contributed by atoms with Crippen molar-refractivity contribution in [1.82, 2.24) is 14.9 Å². The molecular formula is C20H24FN3O2. The Kier molecular flexibility index (Phi) is 4.31. The number of carbonyl (C=O) groups excluding carboxylic acids is 1. The number of fused-ring (bicyclic) bond motifs is 1. The number of aliphatic hydroxyl groups excluding tert-OH is 1. The van der Waals surface area contributed by atoms with Gasteiger partial charge in [0, 0.05) is 24.3 Å². The number of aromatic nitrogens is 2. The molecule has 4 atom stereocenters. The predicted octanol–water partition coefficient (Wildman–Crippen LogP) is 3.15. The van der Waals surface area contributed by atoms with E-state index in [4.69, 9.17) is 0 Å².